The Bertz CT molecular complexity index is 679. The first-order chi connectivity index (χ1) is 12.1. The lowest BCUT2D eigenvalue weighted by molar-refractivity contribution is 0.303. The lowest BCUT2D eigenvalue weighted by Gasteiger charge is -2.11. The van der Waals surface area contributed by atoms with Crippen LogP contribution < -0.4 is 4.74 Å². The van der Waals surface area contributed by atoms with Gasteiger partial charge in [0.15, 0.2) is 0 Å². The molecule has 0 bridgehead atoms. The Kier molecular flexibility index (Phi) is 8.20. The minimum absolute atomic E-state index is 0.298. The Hall–Kier alpha value is -1.61. The monoisotopic (exact) mass is 404 g/mol. The second-order valence-corrected chi connectivity index (χ2v) is 7.16. The van der Waals surface area contributed by atoms with Crippen molar-refractivity contribution in [2.75, 3.05) is 6.61 Å². The predicted octanol–water partition coefficient (Wildman–Crippen LogP) is 7.39. The van der Waals surface area contributed by atoms with Crippen LogP contribution in [0.1, 0.15) is 56.6 Å². The first kappa shape index (κ1) is 19.7. The summed E-state index contributed by atoms with van der Waals surface area (Å²) in [6.45, 7) is 6.88. The average Bonchev–Trinajstić information content (AvgIpc) is 2.61. The number of halogens is 2. The molecule has 0 spiro atoms. The summed E-state index contributed by atoms with van der Waals surface area (Å²) in [5.74, 6) is 0.284. The molecule has 2 aromatic carbocycles. The number of benzene rings is 2. The quantitative estimate of drug-likeness (QED) is 0.375. The number of unbranched alkanes of at least 4 members (excludes halogenated alkanes) is 5. The second-order valence-electron chi connectivity index (χ2n) is 6.24. The van der Waals surface area contributed by atoms with Gasteiger partial charge < -0.3 is 4.74 Å². The molecule has 0 amide bonds. The Morgan fingerprint density at radius 3 is 2.36 bits per heavy atom. The van der Waals surface area contributed by atoms with E-state index in [1.807, 2.05) is 30.3 Å². The average molecular weight is 405 g/mol. The van der Waals surface area contributed by atoms with Gasteiger partial charge in [0.25, 0.3) is 0 Å². The molecule has 0 N–H and O–H groups in total. The van der Waals surface area contributed by atoms with Crippen LogP contribution in [0.2, 0.25) is 0 Å². The molecule has 0 saturated heterocycles. The number of hydrogen-bond acceptors (Lipinski definition) is 1. The molecule has 0 saturated carbocycles. The molecule has 25 heavy (non-hydrogen) atoms. The van der Waals surface area contributed by atoms with Crippen molar-refractivity contribution in [3.63, 3.8) is 0 Å². The van der Waals surface area contributed by atoms with Gasteiger partial charge in [-0.2, -0.15) is 0 Å². The van der Waals surface area contributed by atoms with Crippen molar-refractivity contribution < 1.29 is 9.13 Å². The zero-order valence-corrected chi connectivity index (χ0v) is 16.4. The van der Waals surface area contributed by atoms with Crippen molar-refractivity contribution in [1.82, 2.24) is 0 Å². The van der Waals surface area contributed by atoms with Crippen LogP contribution in [-0.4, -0.2) is 6.61 Å². The van der Waals surface area contributed by atoms with E-state index >= 15 is 0 Å². The van der Waals surface area contributed by atoms with Crippen LogP contribution in [0.5, 0.6) is 5.75 Å². The highest BCUT2D eigenvalue weighted by molar-refractivity contribution is 9.10. The van der Waals surface area contributed by atoms with Crippen molar-refractivity contribution in [1.29, 1.82) is 0 Å². The summed E-state index contributed by atoms with van der Waals surface area (Å²) in [4.78, 5) is 0. The van der Waals surface area contributed by atoms with Crippen LogP contribution in [0.3, 0.4) is 0 Å². The van der Waals surface area contributed by atoms with Gasteiger partial charge in [-0.1, -0.05) is 73.7 Å². The topological polar surface area (TPSA) is 9.23 Å². The Morgan fingerprint density at radius 2 is 1.68 bits per heavy atom. The van der Waals surface area contributed by atoms with Crippen LogP contribution in [0.15, 0.2) is 53.5 Å². The molecule has 0 aliphatic heterocycles. The van der Waals surface area contributed by atoms with Crippen molar-refractivity contribution in [2.24, 2.45) is 0 Å². The SMILES string of the molecule is C=C(c1ccc(Br)cc1)c1ccc(OCCCCCCCC)cc1F. The summed E-state index contributed by atoms with van der Waals surface area (Å²) in [6.07, 6.45) is 7.28. The Labute approximate surface area is 159 Å². The van der Waals surface area contributed by atoms with Gasteiger partial charge in [-0.05, 0) is 41.8 Å². The van der Waals surface area contributed by atoms with Crippen LogP contribution in [0.4, 0.5) is 4.39 Å². The Balaban J connectivity index is 1.87. The molecule has 0 aliphatic carbocycles. The normalized spacial score (nSPS) is 10.7. The molecule has 0 radical (unpaired) electrons. The van der Waals surface area contributed by atoms with E-state index in [4.69, 9.17) is 4.74 Å². The molecule has 3 heteroatoms. The summed E-state index contributed by atoms with van der Waals surface area (Å²) in [5.41, 5.74) is 2.09. The van der Waals surface area contributed by atoms with Crippen LogP contribution in [0.25, 0.3) is 5.57 Å². The third kappa shape index (κ3) is 6.32. The molecule has 0 atom stereocenters. The predicted molar refractivity (Wildman–Crippen MR) is 108 cm³/mol. The molecule has 134 valence electrons. The fraction of sp³-hybridized carbons (Fsp3) is 0.364. The van der Waals surface area contributed by atoms with Crippen molar-refractivity contribution in [3.05, 3.63) is 70.5 Å². The van der Waals surface area contributed by atoms with Gasteiger partial charge in [-0.15, -0.1) is 0 Å². The molecule has 2 aromatic rings. The van der Waals surface area contributed by atoms with Gasteiger partial charge in [0.05, 0.1) is 6.61 Å². The van der Waals surface area contributed by atoms with E-state index in [-0.39, 0.29) is 5.82 Å². The lowest BCUT2D eigenvalue weighted by Crippen LogP contribution is -1.99. The number of hydrogen-bond donors (Lipinski definition) is 0. The third-order valence-corrected chi connectivity index (χ3v) is 4.75. The maximum atomic E-state index is 14.4. The van der Waals surface area contributed by atoms with Crippen molar-refractivity contribution in [2.45, 2.75) is 45.4 Å². The van der Waals surface area contributed by atoms with E-state index in [1.54, 1.807) is 6.07 Å². The number of rotatable bonds is 10. The smallest absolute Gasteiger partial charge is 0.134 e. The van der Waals surface area contributed by atoms with Gasteiger partial charge in [0.2, 0.25) is 0 Å². The van der Waals surface area contributed by atoms with E-state index in [2.05, 4.69) is 29.4 Å². The summed E-state index contributed by atoms with van der Waals surface area (Å²) < 4.78 is 21.1. The first-order valence-electron chi connectivity index (χ1n) is 8.99. The molecule has 0 unspecified atom stereocenters. The molecule has 0 heterocycles. The maximum absolute atomic E-state index is 14.4. The Morgan fingerprint density at radius 1 is 1.00 bits per heavy atom. The van der Waals surface area contributed by atoms with E-state index in [0.29, 0.717) is 23.5 Å². The maximum Gasteiger partial charge on any atom is 0.134 e. The molecule has 0 fully saturated rings. The first-order valence-corrected chi connectivity index (χ1v) is 9.78. The van der Waals surface area contributed by atoms with E-state index < -0.39 is 0 Å². The molecular formula is C22H26BrFO. The summed E-state index contributed by atoms with van der Waals surface area (Å²) in [5, 5.41) is 0. The third-order valence-electron chi connectivity index (χ3n) is 4.22. The lowest BCUT2D eigenvalue weighted by atomic mass is 9.99. The molecule has 0 aliphatic rings. The zero-order valence-electron chi connectivity index (χ0n) is 14.9. The largest absolute Gasteiger partial charge is 0.493 e. The molecule has 0 aromatic heterocycles. The molecule has 2 rings (SSSR count). The van der Waals surface area contributed by atoms with Gasteiger partial charge >= 0.3 is 0 Å². The number of ether oxygens (including phenoxy) is 1. The van der Waals surface area contributed by atoms with E-state index in [9.17, 15) is 4.39 Å². The highest BCUT2D eigenvalue weighted by Gasteiger charge is 2.09. The van der Waals surface area contributed by atoms with Gasteiger partial charge in [-0.25, -0.2) is 4.39 Å². The fourth-order valence-corrected chi connectivity index (χ4v) is 2.97. The highest BCUT2D eigenvalue weighted by atomic mass is 79.9. The van der Waals surface area contributed by atoms with Gasteiger partial charge in [0.1, 0.15) is 11.6 Å². The molecular weight excluding hydrogens is 379 g/mol. The highest BCUT2D eigenvalue weighted by Crippen LogP contribution is 2.27. The van der Waals surface area contributed by atoms with Gasteiger partial charge in [0, 0.05) is 16.1 Å². The van der Waals surface area contributed by atoms with Crippen molar-refractivity contribution in [3.8, 4) is 5.75 Å². The van der Waals surface area contributed by atoms with E-state index in [1.165, 1.54) is 38.2 Å². The minimum atomic E-state index is -0.298. The minimum Gasteiger partial charge on any atom is -0.493 e. The van der Waals surface area contributed by atoms with Crippen molar-refractivity contribution >= 4 is 21.5 Å². The zero-order chi connectivity index (χ0) is 18.1. The van der Waals surface area contributed by atoms with Gasteiger partial charge in [-0.3, -0.25) is 0 Å². The van der Waals surface area contributed by atoms with Crippen LogP contribution in [-0.2, 0) is 0 Å². The summed E-state index contributed by atoms with van der Waals surface area (Å²) in [6, 6.07) is 12.7. The standard InChI is InChI=1S/C22H26BrFO/c1-3-4-5-6-7-8-15-25-20-13-14-21(22(24)16-20)17(2)18-9-11-19(23)12-10-18/h9-14,16H,2-8,15H2,1H3. The van der Waals surface area contributed by atoms with Crippen LogP contribution >= 0.6 is 15.9 Å². The van der Waals surface area contributed by atoms with Crippen LogP contribution in [0, 0.1) is 5.82 Å². The van der Waals surface area contributed by atoms with E-state index in [0.717, 1.165) is 16.5 Å². The fourth-order valence-electron chi connectivity index (χ4n) is 2.71. The molecule has 1 nitrogen and oxygen atoms in total. The summed E-state index contributed by atoms with van der Waals surface area (Å²) in [7, 11) is 0. The summed E-state index contributed by atoms with van der Waals surface area (Å²) >= 11 is 3.40. The second kappa shape index (κ2) is 10.4.